The molecule has 10 heavy (non-hydrogen) atoms. The van der Waals surface area contributed by atoms with E-state index in [1.165, 1.54) is 0 Å². The molecule has 2 heteroatoms. The molecule has 0 aliphatic carbocycles. The lowest BCUT2D eigenvalue weighted by molar-refractivity contribution is -0.331. The average molecular weight is 139 g/mol. The summed E-state index contributed by atoms with van der Waals surface area (Å²) in [5.41, 5.74) is 0. The van der Waals surface area contributed by atoms with Crippen molar-refractivity contribution in [1.82, 2.24) is 4.90 Å². The first kappa shape index (κ1) is 7.32. The molecule has 1 fully saturated rings. The molecule has 0 radical (unpaired) electrons. The van der Waals surface area contributed by atoms with Gasteiger partial charge in [0.2, 0.25) is 0 Å². The van der Waals surface area contributed by atoms with Crippen molar-refractivity contribution >= 4 is 0 Å². The van der Waals surface area contributed by atoms with Crippen LogP contribution in [0.3, 0.4) is 0 Å². The van der Waals surface area contributed by atoms with Gasteiger partial charge in [-0.3, -0.25) is 0 Å². The normalized spacial score (nSPS) is 20.0. The number of likely N-dealkylation sites (tertiary alicyclic amines) is 1. The van der Waals surface area contributed by atoms with Crippen molar-refractivity contribution in [3.8, 4) is 0 Å². The van der Waals surface area contributed by atoms with E-state index in [-0.39, 0.29) is 5.88 Å². The topological polar surface area (TPSA) is 26.3 Å². The van der Waals surface area contributed by atoms with Crippen LogP contribution in [-0.2, 0) is 0 Å². The van der Waals surface area contributed by atoms with Gasteiger partial charge in [0, 0.05) is 13.1 Å². The monoisotopic (exact) mass is 139 g/mol. The van der Waals surface area contributed by atoms with Crippen LogP contribution in [0.25, 0.3) is 0 Å². The van der Waals surface area contributed by atoms with E-state index in [2.05, 4.69) is 6.92 Å². The van der Waals surface area contributed by atoms with Crippen molar-refractivity contribution in [3.05, 3.63) is 18.9 Å². The molecule has 1 saturated heterocycles. The van der Waals surface area contributed by atoms with Crippen molar-refractivity contribution in [2.75, 3.05) is 13.1 Å². The van der Waals surface area contributed by atoms with E-state index < -0.39 is 0 Å². The van der Waals surface area contributed by atoms with Crippen molar-refractivity contribution in [1.29, 1.82) is 0 Å². The maximum absolute atomic E-state index is 11.1. The van der Waals surface area contributed by atoms with Crippen LogP contribution in [0, 0.1) is 6.92 Å². The maximum atomic E-state index is 11.1. The largest absolute Gasteiger partial charge is 0.860 e. The summed E-state index contributed by atoms with van der Waals surface area (Å²) in [5.74, 6) is 0.160. The molecular weight excluding hydrogens is 126 g/mol. The Morgan fingerprint density at radius 2 is 2.10 bits per heavy atom. The Hall–Kier alpha value is -0.790. The molecule has 0 aromatic rings. The van der Waals surface area contributed by atoms with Gasteiger partial charge in [-0.05, 0) is 24.8 Å². The second kappa shape index (κ2) is 3.40. The number of nitrogens with zero attached hydrogens (tertiary/aromatic N) is 1. The molecule has 0 amide bonds. The summed E-state index contributed by atoms with van der Waals surface area (Å²) in [6.45, 7) is 5.47. The molecule has 0 unspecified atom stereocenters. The van der Waals surface area contributed by atoms with E-state index in [0.29, 0.717) is 6.42 Å². The zero-order chi connectivity index (χ0) is 7.40. The first-order chi connectivity index (χ1) is 4.84. The number of hydrogen-bond acceptors (Lipinski definition) is 2. The minimum Gasteiger partial charge on any atom is -0.860 e. The second-order valence-corrected chi connectivity index (χ2v) is 2.53. The third-order valence-corrected chi connectivity index (χ3v) is 1.74. The summed E-state index contributed by atoms with van der Waals surface area (Å²) >= 11 is 0. The lowest BCUT2D eigenvalue weighted by atomic mass is 10.4. The standard InChI is InChI=1S/C8H13NO/c1-2-5-8(10)9-6-3-4-7-9/h5H,1-4,6-7H2. The molecule has 1 aliphatic heterocycles. The lowest BCUT2D eigenvalue weighted by Gasteiger charge is -2.25. The van der Waals surface area contributed by atoms with Crippen LogP contribution in [0.1, 0.15) is 19.3 Å². The molecular formula is C8H13NO. The summed E-state index contributed by atoms with van der Waals surface area (Å²) < 4.78 is 0. The van der Waals surface area contributed by atoms with E-state index in [4.69, 9.17) is 0 Å². The summed E-state index contributed by atoms with van der Waals surface area (Å²) in [6.07, 6.45) is 4.58. The fourth-order valence-electron chi connectivity index (χ4n) is 1.19. The SMILES string of the molecule is [CH2+]CC=C([O-])N1CCCC1. The van der Waals surface area contributed by atoms with Crippen molar-refractivity contribution in [3.63, 3.8) is 0 Å². The van der Waals surface area contributed by atoms with Crippen LogP contribution in [0.5, 0.6) is 0 Å². The maximum Gasteiger partial charge on any atom is 0.104 e. The minimum absolute atomic E-state index is 0.160. The number of allylic oxidation sites excluding steroid dienone is 1. The Morgan fingerprint density at radius 1 is 1.50 bits per heavy atom. The highest BCUT2D eigenvalue weighted by Crippen LogP contribution is 2.10. The summed E-state index contributed by atoms with van der Waals surface area (Å²) in [6, 6.07) is 0. The zero-order valence-corrected chi connectivity index (χ0v) is 6.18. The number of hydrogen-bond donors (Lipinski definition) is 0. The van der Waals surface area contributed by atoms with Crippen LogP contribution in [0.4, 0.5) is 0 Å². The van der Waals surface area contributed by atoms with Crippen molar-refractivity contribution in [2.24, 2.45) is 0 Å². The van der Waals surface area contributed by atoms with Crippen LogP contribution in [0.2, 0.25) is 0 Å². The second-order valence-electron chi connectivity index (χ2n) is 2.53. The highest BCUT2D eigenvalue weighted by molar-refractivity contribution is 4.91. The molecule has 0 N–H and O–H groups in total. The summed E-state index contributed by atoms with van der Waals surface area (Å²) in [4.78, 5) is 1.88. The third-order valence-electron chi connectivity index (χ3n) is 1.74. The van der Waals surface area contributed by atoms with E-state index in [1.54, 1.807) is 6.08 Å². The fourth-order valence-corrected chi connectivity index (χ4v) is 1.19. The Morgan fingerprint density at radius 3 is 2.60 bits per heavy atom. The fraction of sp³-hybridized carbons (Fsp3) is 0.625. The summed E-state index contributed by atoms with van der Waals surface area (Å²) in [5, 5.41) is 11.1. The molecule has 56 valence electrons. The van der Waals surface area contributed by atoms with E-state index in [0.717, 1.165) is 25.9 Å². The molecule has 1 aliphatic rings. The summed E-state index contributed by atoms with van der Waals surface area (Å²) in [7, 11) is 0. The van der Waals surface area contributed by atoms with Crippen molar-refractivity contribution in [2.45, 2.75) is 19.3 Å². The van der Waals surface area contributed by atoms with Gasteiger partial charge in [-0.25, -0.2) is 0 Å². The number of rotatable bonds is 2. The Bertz CT molecular complexity index is 125. The first-order valence-electron chi connectivity index (χ1n) is 3.76. The molecule has 0 saturated carbocycles. The zero-order valence-electron chi connectivity index (χ0n) is 6.18. The molecule has 0 atom stereocenters. The van der Waals surface area contributed by atoms with Crippen LogP contribution >= 0.6 is 0 Å². The van der Waals surface area contributed by atoms with Crippen LogP contribution in [0.15, 0.2) is 12.0 Å². The van der Waals surface area contributed by atoms with Crippen LogP contribution < -0.4 is 5.11 Å². The van der Waals surface area contributed by atoms with E-state index in [9.17, 15) is 5.11 Å². The average Bonchev–Trinajstić information content (AvgIpc) is 2.38. The smallest absolute Gasteiger partial charge is 0.104 e. The Balaban J connectivity index is 2.39. The Labute approximate surface area is 62.2 Å². The van der Waals surface area contributed by atoms with Gasteiger partial charge in [0.25, 0.3) is 0 Å². The lowest BCUT2D eigenvalue weighted by Crippen LogP contribution is -2.26. The van der Waals surface area contributed by atoms with Gasteiger partial charge in [0.15, 0.2) is 0 Å². The highest BCUT2D eigenvalue weighted by Gasteiger charge is 2.07. The Kier molecular flexibility index (Phi) is 2.49. The highest BCUT2D eigenvalue weighted by atomic mass is 16.3. The molecule has 1 heterocycles. The quantitative estimate of drug-likeness (QED) is 0.411. The third kappa shape index (κ3) is 1.59. The predicted octanol–water partition coefficient (Wildman–Crippen LogP) is 0.508. The predicted molar refractivity (Wildman–Crippen MR) is 38.9 cm³/mol. The molecule has 0 aromatic carbocycles. The van der Waals surface area contributed by atoms with Gasteiger partial charge in [-0.1, -0.05) is 0 Å². The van der Waals surface area contributed by atoms with Gasteiger partial charge < -0.3 is 10.0 Å². The molecule has 0 bridgehead atoms. The molecule has 0 spiro atoms. The van der Waals surface area contributed by atoms with Crippen LogP contribution in [-0.4, -0.2) is 18.0 Å². The molecule has 0 aromatic heterocycles. The van der Waals surface area contributed by atoms with Gasteiger partial charge in [0.1, 0.15) is 6.42 Å². The van der Waals surface area contributed by atoms with E-state index in [1.807, 2.05) is 4.90 Å². The molecule has 1 rings (SSSR count). The van der Waals surface area contributed by atoms with Gasteiger partial charge in [0.05, 0.1) is 6.92 Å². The van der Waals surface area contributed by atoms with Gasteiger partial charge >= 0.3 is 0 Å². The van der Waals surface area contributed by atoms with Crippen molar-refractivity contribution < 1.29 is 5.11 Å². The first-order valence-corrected chi connectivity index (χ1v) is 3.76. The minimum atomic E-state index is 0.160. The van der Waals surface area contributed by atoms with Gasteiger partial charge in [-0.2, -0.15) is 0 Å². The molecule has 2 nitrogen and oxygen atoms in total. The van der Waals surface area contributed by atoms with E-state index >= 15 is 0 Å². The van der Waals surface area contributed by atoms with Gasteiger partial charge in [-0.15, -0.1) is 0 Å².